The predicted molar refractivity (Wildman–Crippen MR) is 106 cm³/mol. The van der Waals surface area contributed by atoms with Crippen LogP contribution in [0.4, 0.5) is 0 Å². The Bertz CT molecular complexity index is 975. The van der Waals surface area contributed by atoms with Gasteiger partial charge in [-0.3, -0.25) is 9.00 Å². The normalized spacial score (nSPS) is 11.8. The number of carbonyl (C=O) groups excluding carboxylic acids is 1. The minimum absolute atomic E-state index is 0.159. The smallest absolute Gasteiger partial charge is 0.318 e. The molecule has 0 aliphatic heterocycles. The van der Waals surface area contributed by atoms with Gasteiger partial charge in [0.1, 0.15) is 23.0 Å². The van der Waals surface area contributed by atoms with E-state index in [4.69, 9.17) is 14.0 Å². The Morgan fingerprint density at radius 1 is 1.11 bits per heavy atom. The van der Waals surface area contributed by atoms with E-state index in [1.54, 1.807) is 31.2 Å². The number of benzene rings is 2. The summed E-state index contributed by atoms with van der Waals surface area (Å²) in [4.78, 5) is 12.0. The third kappa shape index (κ3) is 4.67. The van der Waals surface area contributed by atoms with E-state index >= 15 is 0 Å². The molecule has 7 heteroatoms. The molecule has 0 amide bonds. The third-order valence-corrected chi connectivity index (χ3v) is 5.33. The summed E-state index contributed by atoms with van der Waals surface area (Å²) in [6, 6.07) is 14.5. The minimum Gasteiger partial charge on any atom is -0.465 e. The summed E-state index contributed by atoms with van der Waals surface area (Å²) in [6.07, 6.45) is 0. The molecule has 1 aromatic heterocycles. The zero-order chi connectivity index (χ0) is 20.1. The van der Waals surface area contributed by atoms with Crippen molar-refractivity contribution in [2.45, 2.75) is 25.7 Å². The zero-order valence-corrected chi connectivity index (χ0v) is 16.7. The third-order valence-electron chi connectivity index (χ3n) is 4.03. The lowest BCUT2D eigenvalue weighted by atomic mass is 10.0. The molecule has 0 radical (unpaired) electrons. The molecular formula is C21H21NO5S. The van der Waals surface area contributed by atoms with E-state index in [2.05, 4.69) is 5.16 Å². The number of nitrogens with zero attached hydrogens (tertiary/aromatic N) is 1. The van der Waals surface area contributed by atoms with Crippen molar-refractivity contribution in [3.63, 3.8) is 0 Å². The molecule has 0 bridgehead atoms. The summed E-state index contributed by atoms with van der Waals surface area (Å²) in [6.45, 7) is 5.76. The second-order valence-corrected chi connectivity index (χ2v) is 7.55. The number of aromatic nitrogens is 1. The highest BCUT2D eigenvalue weighted by Gasteiger charge is 2.13. The molecule has 2 aromatic carbocycles. The van der Waals surface area contributed by atoms with Crippen molar-refractivity contribution in [2.75, 3.05) is 12.4 Å². The summed E-state index contributed by atoms with van der Waals surface area (Å²) in [5.74, 6) is 1.39. The van der Waals surface area contributed by atoms with Crippen LogP contribution in [0.1, 0.15) is 18.4 Å². The molecule has 28 heavy (non-hydrogen) atoms. The average Bonchev–Trinajstić information content (AvgIpc) is 3.01. The van der Waals surface area contributed by atoms with Crippen LogP contribution in [0.15, 0.2) is 57.9 Å². The monoisotopic (exact) mass is 399 g/mol. The number of rotatable bonds is 7. The standard InChI is InChI=1S/C21H21NO5S/c1-4-25-20(23)13-28(24)19-10-8-17(9-11-19)26-18-7-5-6-16(12-18)21-14(2)22-27-15(21)3/h5-12H,4,13H2,1-3H3. The molecule has 0 N–H and O–H groups in total. The van der Waals surface area contributed by atoms with Crippen molar-refractivity contribution in [1.82, 2.24) is 5.16 Å². The molecule has 146 valence electrons. The first-order chi connectivity index (χ1) is 13.5. The molecule has 1 atom stereocenters. The first-order valence-corrected chi connectivity index (χ1v) is 10.1. The zero-order valence-electron chi connectivity index (χ0n) is 15.9. The summed E-state index contributed by atoms with van der Waals surface area (Å²) in [5.41, 5.74) is 2.74. The maximum absolute atomic E-state index is 12.2. The summed E-state index contributed by atoms with van der Waals surface area (Å²) in [5, 5.41) is 3.99. The van der Waals surface area contributed by atoms with Crippen molar-refractivity contribution in [2.24, 2.45) is 0 Å². The molecule has 0 fully saturated rings. The molecule has 1 heterocycles. The SMILES string of the molecule is CCOC(=O)CS(=O)c1ccc(Oc2cccc(-c3c(C)noc3C)c2)cc1. The van der Waals surface area contributed by atoms with Crippen LogP contribution < -0.4 is 4.74 Å². The van der Waals surface area contributed by atoms with E-state index in [9.17, 15) is 9.00 Å². The number of hydrogen-bond donors (Lipinski definition) is 0. The average molecular weight is 399 g/mol. The van der Waals surface area contributed by atoms with Crippen LogP contribution >= 0.6 is 0 Å². The number of hydrogen-bond acceptors (Lipinski definition) is 6. The van der Waals surface area contributed by atoms with Crippen molar-refractivity contribution in [3.8, 4) is 22.6 Å². The van der Waals surface area contributed by atoms with E-state index in [0.717, 1.165) is 22.6 Å². The van der Waals surface area contributed by atoms with Crippen LogP contribution in [-0.4, -0.2) is 27.7 Å². The van der Waals surface area contributed by atoms with Crippen LogP contribution in [0, 0.1) is 13.8 Å². The van der Waals surface area contributed by atoms with E-state index in [-0.39, 0.29) is 12.4 Å². The van der Waals surface area contributed by atoms with Gasteiger partial charge in [-0.15, -0.1) is 0 Å². The summed E-state index contributed by atoms with van der Waals surface area (Å²) >= 11 is 0. The van der Waals surface area contributed by atoms with Crippen molar-refractivity contribution >= 4 is 16.8 Å². The van der Waals surface area contributed by atoms with Gasteiger partial charge in [-0.2, -0.15) is 0 Å². The van der Waals surface area contributed by atoms with Crippen LogP contribution in [0.5, 0.6) is 11.5 Å². The van der Waals surface area contributed by atoms with Gasteiger partial charge in [-0.1, -0.05) is 17.3 Å². The van der Waals surface area contributed by atoms with Crippen molar-refractivity contribution < 1.29 is 23.0 Å². The second kappa shape index (κ2) is 8.84. The maximum atomic E-state index is 12.2. The Labute approximate surface area is 165 Å². The molecule has 0 saturated carbocycles. The molecule has 6 nitrogen and oxygen atoms in total. The Kier molecular flexibility index (Phi) is 6.26. The van der Waals surface area contributed by atoms with Gasteiger partial charge in [0.25, 0.3) is 0 Å². The van der Waals surface area contributed by atoms with Gasteiger partial charge in [0.15, 0.2) is 0 Å². The van der Waals surface area contributed by atoms with Gasteiger partial charge in [-0.25, -0.2) is 0 Å². The minimum atomic E-state index is -1.45. The Morgan fingerprint density at radius 2 is 1.86 bits per heavy atom. The van der Waals surface area contributed by atoms with E-state index < -0.39 is 16.8 Å². The van der Waals surface area contributed by atoms with Crippen LogP contribution in [0.3, 0.4) is 0 Å². The van der Waals surface area contributed by atoms with Crippen molar-refractivity contribution in [1.29, 1.82) is 0 Å². The fourth-order valence-electron chi connectivity index (χ4n) is 2.80. The van der Waals surface area contributed by atoms with Gasteiger partial charge in [0, 0.05) is 10.5 Å². The predicted octanol–water partition coefficient (Wildman–Crippen LogP) is 4.42. The van der Waals surface area contributed by atoms with E-state index in [0.29, 0.717) is 16.4 Å². The number of ether oxygens (including phenoxy) is 2. The van der Waals surface area contributed by atoms with Crippen LogP contribution in [0.2, 0.25) is 0 Å². The highest BCUT2D eigenvalue weighted by atomic mass is 32.2. The van der Waals surface area contributed by atoms with Gasteiger partial charge in [0.2, 0.25) is 0 Å². The fraction of sp³-hybridized carbons (Fsp3) is 0.238. The Balaban J connectivity index is 1.72. The second-order valence-electron chi connectivity index (χ2n) is 6.10. The molecule has 0 spiro atoms. The molecular weight excluding hydrogens is 378 g/mol. The lowest BCUT2D eigenvalue weighted by Gasteiger charge is -2.09. The summed E-state index contributed by atoms with van der Waals surface area (Å²) in [7, 11) is -1.45. The highest BCUT2D eigenvalue weighted by Crippen LogP contribution is 2.31. The number of aryl methyl sites for hydroxylation is 2. The topological polar surface area (TPSA) is 78.6 Å². The maximum Gasteiger partial charge on any atom is 0.318 e. The molecule has 0 aliphatic rings. The lowest BCUT2D eigenvalue weighted by molar-refractivity contribution is -0.139. The first kappa shape index (κ1) is 19.8. The van der Waals surface area contributed by atoms with E-state index in [1.807, 2.05) is 38.1 Å². The van der Waals surface area contributed by atoms with E-state index in [1.165, 1.54) is 0 Å². The Hall–Kier alpha value is -2.93. The van der Waals surface area contributed by atoms with Gasteiger partial charge < -0.3 is 14.0 Å². The van der Waals surface area contributed by atoms with Crippen molar-refractivity contribution in [3.05, 3.63) is 60.0 Å². The van der Waals surface area contributed by atoms with Crippen LogP contribution in [0.25, 0.3) is 11.1 Å². The fourth-order valence-corrected chi connectivity index (χ4v) is 3.70. The number of carbonyl (C=O) groups is 1. The van der Waals surface area contributed by atoms with Gasteiger partial charge >= 0.3 is 5.97 Å². The quantitative estimate of drug-likeness (QED) is 0.547. The molecule has 1 unspecified atom stereocenters. The van der Waals surface area contributed by atoms with Gasteiger partial charge in [0.05, 0.1) is 23.1 Å². The first-order valence-electron chi connectivity index (χ1n) is 8.83. The molecule has 3 aromatic rings. The van der Waals surface area contributed by atoms with Gasteiger partial charge in [-0.05, 0) is 62.7 Å². The molecule has 0 aliphatic carbocycles. The number of esters is 1. The lowest BCUT2D eigenvalue weighted by Crippen LogP contribution is -2.13. The highest BCUT2D eigenvalue weighted by molar-refractivity contribution is 7.85. The Morgan fingerprint density at radius 3 is 2.50 bits per heavy atom. The molecule has 3 rings (SSSR count). The van der Waals surface area contributed by atoms with Crippen LogP contribution in [-0.2, 0) is 20.3 Å². The molecule has 0 saturated heterocycles. The largest absolute Gasteiger partial charge is 0.465 e. The summed E-state index contributed by atoms with van der Waals surface area (Å²) < 4.78 is 28.2.